The number of benzene rings is 2. The molecule has 0 spiro atoms. The van der Waals surface area contributed by atoms with E-state index in [9.17, 15) is 9.59 Å². The molecule has 0 bridgehead atoms. The molecule has 1 fully saturated rings. The van der Waals surface area contributed by atoms with E-state index in [1.165, 1.54) is 6.42 Å². The zero-order chi connectivity index (χ0) is 17.6. The Morgan fingerprint density at radius 2 is 1.56 bits per heavy atom. The monoisotopic (exact) mass is 336 g/mol. The molecule has 130 valence electrons. The summed E-state index contributed by atoms with van der Waals surface area (Å²) in [7, 11) is 0. The van der Waals surface area contributed by atoms with Crippen LogP contribution in [0.15, 0.2) is 48.5 Å². The Labute approximate surface area is 148 Å². The average molecular weight is 336 g/mol. The van der Waals surface area contributed by atoms with Crippen molar-refractivity contribution in [3.8, 4) is 0 Å². The van der Waals surface area contributed by atoms with Crippen LogP contribution in [-0.4, -0.2) is 11.8 Å². The first-order valence-electron chi connectivity index (χ1n) is 8.91. The lowest BCUT2D eigenvalue weighted by Gasteiger charge is -2.20. The Bertz CT molecular complexity index is 764. The van der Waals surface area contributed by atoms with Crippen molar-refractivity contribution in [3.63, 3.8) is 0 Å². The van der Waals surface area contributed by atoms with Crippen LogP contribution >= 0.6 is 0 Å². The van der Waals surface area contributed by atoms with Gasteiger partial charge in [-0.05, 0) is 55.7 Å². The van der Waals surface area contributed by atoms with Crippen LogP contribution in [0.25, 0.3) is 0 Å². The minimum Gasteiger partial charge on any atom is -0.326 e. The van der Waals surface area contributed by atoms with Crippen LogP contribution in [0.4, 0.5) is 11.4 Å². The summed E-state index contributed by atoms with van der Waals surface area (Å²) in [5.41, 5.74) is 3.06. The Balaban J connectivity index is 1.66. The number of carbonyl (C=O) groups is 2. The van der Waals surface area contributed by atoms with Crippen LogP contribution in [0.3, 0.4) is 0 Å². The highest BCUT2D eigenvalue weighted by atomic mass is 16.2. The summed E-state index contributed by atoms with van der Waals surface area (Å²) in [5.74, 6) is -0.0196. The first-order chi connectivity index (χ1) is 12.1. The average Bonchev–Trinajstić information content (AvgIpc) is 2.62. The number of hydrogen-bond acceptors (Lipinski definition) is 2. The van der Waals surface area contributed by atoms with Gasteiger partial charge in [0.15, 0.2) is 0 Å². The summed E-state index contributed by atoms with van der Waals surface area (Å²) >= 11 is 0. The highest BCUT2D eigenvalue weighted by molar-refractivity contribution is 6.05. The van der Waals surface area contributed by atoms with E-state index in [0.717, 1.165) is 36.9 Å². The maximum atomic E-state index is 12.4. The molecule has 1 saturated carbocycles. The second-order valence-corrected chi connectivity index (χ2v) is 6.73. The molecule has 0 radical (unpaired) electrons. The Hall–Kier alpha value is -2.62. The van der Waals surface area contributed by atoms with Crippen molar-refractivity contribution in [2.75, 3.05) is 10.6 Å². The van der Waals surface area contributed by atoms with Gasteiger partial charge in [0.2, 0.25) is 5.91 Å². The van der Waals surface area contributed by atoms with E-state index in [-0.39, 0.29) is 17.7 Å². The Kier molecular flexibility index (Phi) is 5.49. The van der Waals surface area contributed by atoms with Gasteiger partial charge in [0, 0.05) is 22.9 Å². The Morgan fingerprint density at radius 3 is 2.28 bits per heavy atom. The summed E-state index contributed by atoms with van der Waals surface area (Å²) in [6.45, 7) is 1.98. The molecule has 0 saturated heterocycles. The lowest BCUT2D eigenvalue weighted by atomic mass is 9.88. The fourth-order valence-corrected chi connectivity index (χ4v) is 3.27. The fourth-order valence-electron chi connectivity index (χ4n) is 3.27. The highest BCUT2D eigenvalue weighted by Gasteiger charge is 2.21. The van der Waals surface area contributed by atoms with Gasteiger partial charge in [-0.25, -0.2) is 0 Å². The van der Waals surface area contributed by atoms with Gasteiger partial charge in [-0.15, -0.1) is 0 Å². The van der Waals surface area contributed by atoms with E-state index >= 15 is 0 Å². The van der Waals surface area contributed by atoms with Gasteiger partial charge in [0.1, 0.15) is 0 Å². The summed E-state index contributed by atoms with van der Waals surface area (Å²) in [4.78, 5) is 24.8. The van der Waals surface area contributed by atoms with E-state index in [1.54, 1.807) is 18.2 Å². The van der Waals surface area contributed by atoms with Crippen molar-refractivity contribution < 1.29 is 9.59 Å². The van der Waals surface area contributed by atoms with E-state index in [1.807, 2.05) is 37.3 Å². The van der Waals surface area contributed by atoms with Crippen molar-refractivity contribution in [2.45, 2.75) is 39.0 Å². The number of hydrogen-bond donors (Lipinski definition) is 2. The molecule has 4 heteroatoms. The maximum Gasteiger partial charge on any atom is 0.255 e. The van der Waals surface area contributed by atoms with E-state index < -0.39 is 0 Å². The predicted octanol–water partition coefficient (Wildman–Crippen LogP) is 4.77. The van der Waals surface area contributed by atoms with Gasteiger partial charge in [-0.2, -0.15) is 0 Å². The normalized spacial score (nSPS) is 14.8. The first kappa shape index (κ1) is 17.2. The van der Waals surface area contributed by atoms with E-state index in [4.69, 9.17) is 0 Å². The summed E-state index contributed by atoms with van der Waals surface area (Å²) in [5, 5.41) is 5.85. The van der Waals surface area contributed by atoms with Gasteiger partial charge in [-0.1, -0.05) is 37.5 Å². The molecule has 0 unspecified atom stereocenters. The third-order valence-corrected chi connectivity index (χ3v) is 4.64. The summed E-state index contributed by atoms with van der Waals surface area (Å²) < 4.78 is 0. The molecule has 1 aliphatic rings. The Morgan fingerprint density at radius 1 is 0.880 bits per heavy atom. The second kappa shape index (κ2) is 7.97. The van der Waals surface area contributed by atoms with Gasteiger partial charge in [0.25, 0.3) is 5.91 Å². The van der Waals surface area contributed by atoms with Crippen LogP contribution in [0, 0.1) is 12.8 Å². The number of amides is 2. The fraction of sp³-hybridized carbons (Fsp3) is 0.333. The summed E-state index contributed by atoms with van der Waals surface area (Å²) in [6, 6.07) is 14.8. The van der Waals surface area contributed by atoms with Crippen LogP contribution in [0.1, 0.15) is 48.0 Å². The zero-order valence-corrected chi connectivity index (χ0v) is 14.5. The topological polar surface area (TPSA) is 58.2 Å². The quantitative estimate of drug-likeness (QED) is 0.845. The lowest BCUT2D eigenvalue weighted by Crippen LogP contribution is -2.24. The third kappa shape index (κ3) is 4.69. The molecular weight excluding hydrogens is 312 g/mol. The molecule has 2 N–H and O–H groups in total. The molecule has 0 aliphatic heterocycles. The highest BCUT2D eigenvalue weighted by Crippen LogP contribution is 2.25. The zero-order valence-electron chi connectivity index (χ0n) is 14.5. The molecular formula is C21H24N2O2. The van der Waals surface area contributed by atoms with E-state index in [0.29, 0.717) is 11.3 Å². The lowest BCUT2D eigenvalue weighted by molar-refractivity contribution is -0.120. The molecule has 25 heavy (non-hydrogen) atoms. The van der Waals surface area contributed by atoms with Gasteiger partial charge < -0.3 is 10.6 Å². The number of aryl methyl sites for hydroxylation is 1. The van der Waals surface area contributed by atoms with Crippen LogP contribution in [0.5, 0.6) is 0 Å². The first-order valence-corrected chi connectivity index (χ1v) is 8.91. The minimum atomic E-state index is -0.181. The molecule has 2 amide bonds. The van der Waals surface area contributed by atoms with Crippen LogP contribution in [-0.2, 0) is 4.79 Å². The molecule has 3 rings (SSSR count). The SMILES string of the molecule is Cc1cccc(NC(=O)c2cccc(NC(=O)C3CCCCC3)c2)c1. The minimum absolute atomic E-state index is 0.0657. The molecule has 2 aromatic rings. The predicted molar refractivity (Wildman–Crippen MR) is 101 cm³/mol. The second-order valence-electron chi connectivity index (χ2n) is 6.73. The van der Waals surface area contributed by atoms with Crippen molar-refractivity contribution in [2.24, 2.45) is 5.92 Å². The van der Waals surface area contributed by atoms with Crippen molar-refractivity contribution in [3.05, 3.63) is 59.7 Å². The van der Waals surface area contributed by atoms with Crippen molar-refractivity contribution in [1.82, 2.24) is 0 Å². The van der Waals surface area contributed by atoms with Gasteiger partial charge in [-0.3, -0.25) is 9.59 Å². The van der Waals surface area contributed by atoms with Gasteiger partial charge >= 0.3 is 0 Å². The maximum absolute atomic E-state index is 12.4. The standard InChI is InChI=1S/C21H24N2O2/c1-15-7-5-11-18(13-15)22-21(25)17-10-6-12-19(14-17)23-20(24)16-8-3-2-4-9-16/h5-7,10-14,16H,2-4,8-9H2,1H3,(H,22,25)(H,23,24). The molecule has 1 aliphatic carbocycles. The number of anilines is 2. The summed E-state index contributed by atoms with van der Waals surface area (Å²) in [6.07, 6.45) is 5.38. The van der Waals surface area contributed by atoms with Gasteiger partial charge in [0.05, 0.1) is 0 Å². The molecule has 2 aromatic carbocycles. The largest absolute Gasteiger partial charge is 0.326 e. The molecule has 0 heterocycles. The molecule has 4 nitrogen and oxygen atoms in total. The van der Waals surface area contributed by atoms with E-state index in [2.05, 4.69) is 10.6 Å². The number of nitrogens with one attached hydrogen (secondary N) is 2. The van der Waals surface area contributed by atoms with Crippen molar-refractivity contribution >= 4 is 23.2 Å². The van der Waals surface area contributed by atoms with Crippen molar-refractivity contribution in [1.29, 1.82) is 0 Å². The third-order valence-electron chi connectivity index (χ3n) is 4.64. The number of carbonyl (C=O) groups excluding carboxylic acids is 2. The number of rotatable bonds is 4. The van der Waals surface area contributed by atoms with Crippen LogP contribution in [0.2, 0.25) is 0 Å². The molecule has 0 aromatic heterocycles. The smallest absolute Gasteiger partial charge is 0.255 e. The van der Waals surface area contributed by atoms with Crippen LogP contribution < -0.4 is 10.6 Å². The molecule has 0 atom stereocenters.